The zero-order valence-corrected chi connectivity index (χ0v) is 13.1. The van der Waals surface area contributed by atoms with Crippen LogP contribution in [0, 0.1) is 11.8 Å². The summed E-state index contributed by atoms with van der Waals surface area (Å²) in [7, 11) is 0. The number of aliphatic hydroxyl groups excluding tert-OH is 1. The fourth-order valence-electron chi connectivity index (χ4n) is 3.84. The maximum Gasteiger partial charge on any atom is 0.150 e. The molecule has 2 fully saturated rings. The fourth-order valence-corrected chi connectivity index (χ4v) is 4.02. The Morgan fingerprint density at radius 2 is 2.18 bits per heavy atom. The van der Waals surface area contributed by atoms with Gasteiger partial charge in [0.05, 0.1) is 6.61 Å². The second-order valence-electron chi connectivity index (χ2n) is 6.83. The van der Waals surface area contributed by atoms with Crippen molar-refractivity contribution in [2.75, 3.05) is 19.7 Å². The number of nitrogens with one attached hydrogen (secondary N) is 1. The smallest absolute Gasteiger partial charge is 0.150 e. The third kappa shape index (κ3) is 2.53. The zero-order chi connectivity index (χ0) is 15.3. The molecule has 0 amide bonds. The molecule has 4 rings (SSSR count). The number of likely N-dealkylation sites (tertiary alicyclic amines) is 1. The second-order valence-corrected chi connectivity index (χ2v) is 7.27. The predicted molar refractivity (Wildman–Crippen MR) is 85.7 cm³/mol. The number of benzene rings is 1. The molecule has 5 heteroatoms. The topological polar surface area (TPSA) is 39.3 Å². The molecule has 1 saturated carbocycles. The summed E-state index contributed by atoms with van der Waals surface area (Å²) in [6, 6.07) is 7.83. The number of fused-ring (bicyclic) bond motifs is 1. The molecule has 2 heterocycles. The van der Waals surface area contributed by atoms with Gasteiger partial charge in [-0.15, -0.1) is 0 Å². The lowest BCUT2D eigenvalue weighted by atomic mass is 9.89. The Hall–Kier alpha value is -1.10. The van der Waals surface area contributed by atoms with Crippen LogP contribution in [0.2, 0.25) is 5.02 Å². The van der Waals surface area contributed by atoms with Crippen LogP contribution in [-0.2, 0) is 6.54 Å². The van der Waals surface area contributed by atoms with Crippen LogP contribution in [0.5, 0.6) is 0 Å². The quantitative estimate of drug-likeness (QED) is 0.906. The minimum atomic E-state index is -1.43. The van der Waals surface area contributed by atoms with E-state index < -0.39 is 5.67 Å². The number of rotatable bonds is 4. The normalized spacial score (nSPS) is 29.5. The molecule has 2 N–H and O–H groups in total. The first kappa shape index (κ1) is 14.5. The van der Waals surface area contributed by atoms with Crippen molar-refractivity contribution in [3.05, 3.63) is 35.0 Å². The SMILES string of the molecule is OCC1(F)CN(Cc2cc3cc(Cl)ccc3[nH]2)CC1C1CC1. The molecular formula is C17H20ClFN2O. The van der Waals surface area contributed by atoms with E-state index in [1.165, 1.54) is 0 Å². The van der Waals surface area contributed by atoms with Gasteiger partial charge in [-0.1, -0.05) is 11.6 Å². The van der Waals surface area contributed by atoms with Gasteiger partial charge in [0.1, 0.15) is 0 Å². The largest absolute Gasteiger partial charge is 0.393 e. The first-order valence-corrected chi connectivity index (χ1v) is 8.24. The second kappa shape index (κ2) is 5.22. The molecule has 118 valence electrons. The Balaban J connectivity index is 1.52. The van der Waals surface area contributed by atoms with Crippen LogP contribution < -0.4 is 0 Å². The Bertz CT molecular complexity index is 699. The summed E-state index contributed by atoms with van der Waals surface area (Å²) in [5.74, 6) is 0.444. The van der Waals surface area contributed by atoms with Crippen LogP contribution in [0.4, 0.5) is 4.39 Å². The molecule has 3 nitrogen and oxygen atoms in total. The summed E-state index contributed by atoms with van der Waals surface area (Å²) in [4.78, 5) is 5.49. The van der Waals surface area contributed by atoms with Gasteiger partial charge in [0.2, 0.25) is 0 Å². The van der Waals surface area contributed by atoms with Crippen molar-refractivity contribution in [1.29, 1.82) is 0 Å². The lowest BCUT2D eigenvalue weighted by Gasteiger charge is -2.23. The number of nitrogens with zero attached hydrogens (tertiary/aromatic N) is 1. The molecule has 2 unspecified atom stereocenters. The van der Waals surface area contributed by atoms with E-state index in [1.807, 2.05) is 18.2 Å². The molecule has 2 atom stereocenters. The van der Waals surface area contributed by atoms with Gasteiger partial charge in [0.15, 0.2) is 5.67 Å². The average molecular weight is 323 g/mol. The van der Waals surface area contributed by atoms with Crippen LogP contribution in [-0.4, -0.2) is 40.4 Å². The number of halogens is 2. The minimum absolute atomic E-state index is 0.0173. The zero-order valence-electron chi connectivity index (χ0n) is 12.4. The van der Waals surface area contributed by atoms with Crippen molar-refractivity contribution in [1.82, 2.24) is 9.88 Å². The van der Waals surface area contributed by atoms with Crippen LogP contribution in [0.1, 0.15) is 18.5 Å². The van der Waals surface area contributed by atoms with E-state index >= 15 is 0 Å². The molecule has 1 aliphatic carbocycles. The van der Waals surface area contributed by atoms with E-state index in [-0.39, 0.29) is 12.5 Å². The Labute approximate surface area is 134 Å². The number of aromatic amines is 1. The lowest BCUT2D eigenvalue weighted by molar-refractivity contribution is 0.0367. The standard InChI is InChI=1S/C17H20ClFN2O/c18-13-3-4-16-12(5-13)6-14(20-16)7-21-8-15(11-1-2-11)17(19,9-21)10-22/h3-6,11,15,20,22H,1-2,7-10H2. The average Bonchev–Trinajstić information content (AvgIpc) is 3.17. The monoisotopic (exact) mass is 322 g/mol. The van der Waals surface area contributed by atoms with E-state index in [4.69, 9.17) is 11.6 Å². The van der Waals surface area contributed by atoms with E-state index in [1.54, 1.807) is 0 Å². The third-order valence-electron chi connectivity index (χ3n) is 5.09. The van der Waals surface area contributed by atoms with E-state index in [0.29, 0.717) is 19.0 Å². The van der Waals surface area contributed by atoms with Gasteiger partial charge in [-0.2, -0.15) is 0 Å². The number of hydrogen-bond donors (Lipinski definition) is 2. The first-order chi connectivity index (χ1) is 10.6. The number of hydrogen-bond acceptors (Lipinski definition) is 2. The van der Waals surface area contributed by atoms with Crippen molar-refractivity contribution >= 4 is 22.5 Å². The summed E-state index contributed by atoms with van der Waals surface area (Å²) in [5, 5.41) is 11.3. The molecule has 1 aliphatic heterocycles. The lowest BCUT2D eigenvalue weighted by Crippen LogP contribution is -2.38. The molecule has 0 spiro atoms. The van der Waals surface area contributed by atoms with Crippen molar-refractivity contribution in [2.24, 2.45) is 11.8 Å². The summed E-state index contributed by atoms with van der Waals surface area (Å²) in [6.45, 7) is 1.37. The van der Waals surface area contributed by atoms with Gasteiger partial charge >= 0.3 is 0 Å². The molecule has 0 bridgehead atoms. The highest BCUT2D eigenvalue weighted by Crippen LogP contribution is 2.47. The molecule has 2 aliphatic rings. The predicted octanol–water partition coefficient (Wildman–Crippen LogP) is 3.36. The van der Waals surface area contributed by atoms with Gasteiger partial charge in [0.25, 0.3) is 0 Å². The van der Waals surface area contributed by atoms with E-state index in [9.17, 15) is 9.50 Å². The molecule has 2 aromatic rings. The van der Waals surface area contributed by atoms with Gasteiger partial charge in [0, 0.05) is 47.2 Å². The summed E-state index contributed by atoms with van der Waals surface area (Å²) >= 11 is 6.01. The van der Waals surface area contributed by atoms with Crippen LogP contribution >= 0.6 is 11.6 Å². The van der Waals surface area contributed by atoms with Crippen molar-refractivity contribution in [3.8, 4) is 0 Å². The maximum absolute atomic E-state index is 14.9. The molecule has 22 heavy (non-hydrogen) atoms. The first-order valence-electron chi connectivity index (χ1n) is 7.87. The number of H-pyrrole nitrogens is 1. The van der Waals surface area contributed by atoms with Crippen molar-refractivity contribution < 1.29 is 9.50 Å². The van der Waals surface area contributed by atoms with Crippen LogP contribution in [0.25, 0.3) is 10.9 Å². The summed E-state index contributed by atoms with van der Waals surface area (Å²) in [5.41, 5.74) is 0.677. The van der Waals surface area contributed by atoms with Crippen LogP contribution in [0.15, 0.2) is 24.3 Å². The fraction of sp³-hybridized carbons (Fsp3) is 0.529. The molecule has 1 saturated heterocycles. The number of aromatic nitrogens is 1. The van der Waals surface area contributed by atoms with Gasteiger partial charge in [-0.05, 0) is 43.0 Å². The van der Waals surface area contributed by atoms with Crippen LogP contribution in [0.3, 0.4) is 0 Å². The van der Waals surface area contributed by atoms with Gasteiger partial charge in [-0.25, -0.2) is 4.39 Å². The number of alkyl halides is 1. The molecule has 0 radical (unpaired) electrons. The van der Waals surface area contributed by atoms with Gasteiger partial charge < -0.3 is 10.1 Å². The Kier molecular flexibility index (Phi) is 3.44. The summed E-state index contributed by atoms with van der Waals surface area (Å²) in [6.07, 6.45) is 2.21. The van der Waals surface area contributed by atoms with Gasteiger partial charge in [-0.3, -0.25) is 4.90 Å². The van der Waals surface area contributed by atoms with E-state index in [2.05, 4.69) is 16.0 Å². The summed E-state index contributed by atoms with van der Waals surface area (Å²) < 4.78 is 14.9. The van der Waals surface area contributed by atoms with E-state index in [0.717, 1.165) is 41.0 Å². The Morgan fingerprint density at radius 1 is 1.36 bits per heavy atom. The molecule has 1 aromatic carbocycles. The third-order valence-corrected chi connectivity index (χ3v) is 5.33. The Morgan fingerprint density at radius 3 is 2.91 bits per heavy atom. The highest BCUT2D eigenvalue weighted by Gasteiger charge is 2.52. The van der Waals surface area contributed by atoms with Crippen molar-refractivity contribution in [2.45, 2.75) is 25.1 Å². The minimum Gasteiger partial charge on any atom is -0.393 e. The molecular weight excluding hydrogens is 303 g/mol. The number of aliphatic hydroxyl groups is 1. The maximum atomic E-state index is 14.9. The molecule has 1 aromatic heterocycles. The highest BCUT2D eigenvalue weighted by atomic mass is 35.5. The highest BCUT2D eigenvalue weighted by molar-refractivity contribution is 6.31. The van der Waals surface area contributed by atoms with Crippen molar-refractivity contribution in [3.63, 3.8) is 0 Å².